The molecule has 2 aliphatic rings. The van der Waals surface area contributed by atoms with Gasteiger partial charge in [0, 0.05) is 35.7 Å². The first-order valence-corrected chi connectivity index (χ1v) is 9.56. The average Bonchev–Trinajstić information content (AvgIpc) is 2.70. The summed E-state index contributed by atoms with van der Waals surface area (Å²) < 4.78 is 44.0. The summed E-state index contributed by atoms with van der Waals surface area (Å²) in [6.07, 6.45) is -3.83. The number of benzene rings is 2. The third-order valence-electron chi connectivity index (χ3n) is 5.50. The van der Waals surface area contributed by atoms with Crippen LogP contribution in [0.1, 0.15) is 18.4 Å². The first-order chi connectivity index (χ1) is 13.8. The summed E-state index contributed by atoms with van der Waals surface area (Å²) in [5.41, 5.74) is 4.19. The second-order valence-corrected chi connectivity index (χ2v) is 7.43. The summed E-state index contributed by atoms with van der Waals surface area (Å²) in [6, 6.07) is 11.3. The van der Waals surface area contributed by atoms with E-state index in [0.717, 1.165) is 22.6 Å². The standard InChI is InChI=1S/C21H22F3N3O2/c1-13-17(6-7-18-20(13)29-12-19(28)26-18)25-15-2-4-16(5-3-15)27-10-8-14(9-11-27)21(22,23)24/h2-7,14,25H,8-12H2,1H3,(H,26,28). The van der Waals surface area contributed by atoms with Crippen molar-refractivity contribution in [3.63, 3.8) is 0 Å². The Balaban J connectivity index is 1.42. The van der Waals surface area contributed by atoms with Gasteiger partial charge < -0.3 is 20.3 Å². The van der Waals surface area contributed by atoms with Gasteiger partial charge in [-0.2, -0.15) is 13.2 Å². The Labute approximate surface area is 166 Å². The topological polar surface area (TPSA) is 53.6 Å². The van der Waals surface area contributed by atoms with Crippen LogP contribution in [0.25, 0.3) is 0 Å². The van der Waals surface area contributed by atoms with Crippen LogP contribution in [-0.2, 0) is 4.79 Å². The van der Waals surface area contributed by atoms with Gasteiger partial charge in [0.15, 0.2) is 6.61 Å². The fourth-order valence-electron chi connectivity index (χ4n) is 3.81. The van der Waals surface area contributed by atoms with Crippen molar-refractivity contribution in [3.05, 3.63) is 42.0 Å². The molecule has 0 unspecified atom stereocenters. The first-order valence-electron chi connectivity index (χ1n) is 9.56. The number of hydrogen-bond acceptors (Lipinski definition) is 4. The van der Waals surface area contributed by atoms with Gasteiger partial charge in [0.1, 0.15) is 5.75 Å². The molecule has 154 valence electrons. The van der Waals surface area contributed by atoms with Crippen molar-refractivity contribution < 1.29 is 22.7 Å². The van der Waals surface area contributed by atoms with Crippen molar-refractivity contribution >= 4 is 28.7 Å². The van der Waals surface area contributed by atoms with E-state index >= 15 is 0 Å². The number of carbonyl (C=O) groups is 1. The highest BCUT2D eigenvalue weighted by Crippen LogP contribution is 2.38. The first kappa shape index (κ1) is 19.4. The van der Waals surface area contributed by atoms with Gasteiger partial charge in [0.25, 0.3) is 5.91 Å². The fraction of sp³-hybridized carbons (Fsp3) is 0.381. The normalized spacial score (nSPS) is 17.4. The second-order valence-electron chi connectivity index (χ2n) is 7.43. The molecule has 1 amide bonds. The van der Waals surface area contributed by atoms with Gasteiger partial charge in [0.05, 0.1) is 11.6 Å². The molecule has 0 aliphatic carbocycles. The van der Waals surface area contributed by atoms with Crippen LogP contribution in [0.4, 0.5) is 35.9 Å². The molecule has 1 saturated heterocycles. The van der Waals surface area contributed by atoms with Crippen LogP contribution in [0.3, 0.4) is 0 Å². The van der Waals surface area contributed by atoms with E-state index in [4.69, 9.17) is 4.74 Å². The second kappa shape index (κ2) is 7.50. The highest BCUT2D eigenvalue weighted by Gasteiger charge is 2.41. The van der Waals surface area contributed by atoms with Gasteiger partial charge in [-0.05, 0) is 56.2 Å². The van der Waals surface area contributed by atoms with E-state index in [1.165, 1.54) is 0 Å². The fourth-order valence-corrected chi connectivity index (χ4v) is 3.81. The summed E-state index contributed by atoms with van der Waals surface area (Å²) in [4.78, 5) is 13.4. The van der Waals surface area contributed by atoms with Crippen molar-refractivity contribution in [2.24, 2.45) is 5.92 Å². The molecular formula is C21H22F3N3O2. The van der Waals surface area contributed by atoms with E-state index in [9.17, 15) is 18.0 Å². The number of fused-ring (bicyclic) bond motifs is 1. The molecular weight excluding hydrogens is 383 g/mol. The van der Waals surface area contributed by atoms with Gasteiger partial charge in [-0.3, -0.25) is 4.79 Å². The number of piperidine rings is 1. The van der Waals surface area contributed by atoms with Crippen molar-refractivity contribution in [1.29, 1.82) is 0 Å². The lowest BCUT2D eigenvalue weighted by Gasteiger charge is -2.34. The molecule has 2 aromatic rings. The van der Waals surface area contributed by atoms with Gasteiger partial charge >= 0.3 is 6.18 Å². The number of nitrogens with zero attached hydrogens (tertiary/aromatic N) is 1. The molecule has 0 atom stereocenters. The molecule has 2 aliphatic heterocycles. The Bertz CT molecular complexity index is 905. The van der Waals surface area contributed by atoms with Crippen molar-refractivity contribution in [1.82, 2.24) is 0 Å². The molecule has 29 heavy (non-hydrogen) atoms. The molecule has 0 bridgehead atoms. The number of halogens is 3. The molecule has 0 spiro atoms. The number of anilines is 4. The third kappa shape index (κ3) is 4.11. The predicted molar refractivity (Wildman–Crippen MR) is 106 cm³/mol. The van der Waals surface area contributed by atoms with Crippen LogP contribution in [0.5, 0.6) is 5.75 Å². The number of alkyl halides is 3. The molecule has 4 rings (SSSR count). The minimum Gasteiger partial charge on any atom is -0.481 e. The van der Waals surface area contributed by atoms with E-state index in [1.807, 2.05) is 42.2 Å². The quantitative estimate of drug-likeness (QED) is 0.767. The van der Waals surface area contributed by atoms with Gasteiger partial charge in [0.2, 0.25) is 0 Å². The predicted octanol–water partition coefficient (Wildman–Crippen LogP) is 4.85. The molecule has 8 heteroatoms. The summed E-state index contributed by atoms with van der Waals surface area (Å²) in [6.45, 7) is 2.72. The van der Waals surface area contributed by atoms with Crippen molar-refractivity contribution in [2.45, 2.75) is 25.9 Å². The molecule has 0 aromatic heterocycles. The lowest BCUT2D eigenvalue weighted by atomic mass is 9.96. The zero-order valence-corrected chi connectivity index (χ0v) is 16.0. The SMILES string of the molecule is Cc1c(Nc2ccc(N3CCC(C(F)(F)F)CC3)cc2)ccc2c1OCC(=O)N2. The Kier molecular flexibility index (Phi) is 5.02. The highest BCUT2D eigenvalue weighted by molar-refractivity contribution is 5.96. The van der Waals surface area contributed by atoms with E-state index in [0.29, 0.717) is 24.5 Å². The molecule has 2 heterocycles. The van der Waals surface area contributed by atoms with Crippen LogP contribution in [-0.4, -0.2) is 31.8 Å². The third-order valence-corrected chi connectivity index (χ3v) is 5.50. The number of amides is 1. The van der Waals surface area contributed by atoms with E-state index < -0.39 is 12.1 Å². The summed E-state index contributed by atoms with van der Waals surface area (Å²) in [5.74, 6) is -0.718. The van der Waals surface area contributed by atoms with Crippen LogP contribution in [0.2, 0.25) is 0 Å². The number of ether oxygens (including phenoxy) is 1. The van der Waals surface area contributed by atoms with Crippen molar-refractivity contribution in [3.8, 4) is 5.75 Å². The lowest BCUT2D eigenvalue weighted by molar-refractivity contribution is -0.179. The van der Waals surface area contributed by atoms with E-state index in [2.05, 4.69) is 10.6 Å². The monoisotopic (exact) mass is 405 g/mol. The molecule has 1 fully saturated rings. The Morgan fingerprint density at radius 3 is 2.45 bits per heavy atom. The Morgan fingerprint density at radius 2 is 1.79 bits per heavy atom. The molecule has 2 aromatic carbocycles. The zero-order valence-electron chi connectivity index (χ0n) is 16.0. The van der Waals surface area contributed by atoms with Gasteiger partial charge in [-0.25, -0.2) is 0 Å². The van der Waals surface area contributed by atoms with Gasteiger partial charge in [-0.15, -0.1) is 0 Å². The highest BCUT2D eigenvalue weighted by atomic mass is 19.4. The minimum atomic E-state index is -4.10. The average molecular weight is 405 g/mol. The maximum absolute atomic E-state index is 12.8. The van der Waals surface area contributed by atoms with Gasteiger partial charge in [-0.1, -0.05) is 0 Å². The number of nitrogens with one attached hydrogen (secondary N) is 2. The van der Waals surface area contributed by atoms with Crippen LogP contribution >= 0.6 is 0 Å². The minimum absolute atomic E-state index is 0.00296. The zero-order chi connectivity index (χ0) is 20.6. The molecule has 0 saturated carbocycles. The van der Waals surface area contributed by atoms with E-state index in [1.54, 1.807) is 6.07 Å². The van der Waals surface area contributed by atoms with Crippen LogP contribution in [0, 0.1) is 12.8 Å². The largest absolute Gasteiger partial charge is 0.481 e. The smallest absolute Gasteiger partial charge is 0.391 e. The lowest BCUT2D eigenvalue weighted by Crippen LogP contribution is -2.38. The maximum Gasteiger partial charge on any atom is 0.391 e. The number of hydrogen-bond donors (Lipinski definition) is 2. The van der Waals surface area contributed by atoms with Crippen LogP contribution in [0.15, 0.2) is 36.4 Å². The maximum atomic E-state index is 12.8. The molecule has 2 N–H and O–H groups in total. The Hall–Kier alpha value is -2.90. The number of carbonyl (C=O) groups excluding carboxylic acids is 1. The van der Waals surface area contributed by atoms with Crippen LogP contribution < -0.4 is 20.3 Å². The molecule has 5 nitrogen and oxygen atoms in total. The summed E-state index contributed by atoms with van der Waals surface area (Å²) in [5, 5.41) is 6.11. The Morgan fingerprint density at radius 1 is 1.10 bits per heavy atom. The summed E-state index contributed by atoms with van der Waals surface area (Å²) >= 11 is 0. The summed E-state index contributed by atoms with van der Waals surface area (Å²) in [7, 11) is 0. The van der Waals surface area contributed by atoms with Crippen molar-refractivity contribution in [2.75, 3.05) is 35.2 Å². The number of rotatable bonds is 3. The molecule has 0 radical (unpaired) electrons. The van der Waals surface area contributed by atoms with E-state index in [-0.39, 0.29) is 25.4 Å².